The number of urea groups is 1. The number of nitrogens with zero attached hydrogens (tertiary/aromatic N) is 2. The zero-order valence-electron chi connectivity index (χ0n) is 16.4. The molecule has 2 heterocycles. The molecule has 2 aromatic rings. The van der Waals surface area contributed by atoms with Gasteiger partial charge in [0.15, 0.2) is 6.61 Å². The fourth-order valence-corrected chi connectivity index (χ4v) is 2.88. The number of non-ortho nitro benzene ring substituents is 1. The highest BCUT2D eigenvalue weighted by Crippen LogP contribution is 2.27. The van der Waals surface area contributed by atoms with Crippen molar-refractivity contribution < 1.29 is 33.2 Å². The Kier molecular flexibility index (Phi) is 7.17. The van der Waals surface area contributed by atoms with Gasteiger partial charge < -0.3 is 24.1 Å². The first-order chi connectivity index (χ1) is 14.9. The van der Waals surface area contributed by atoms with Crippen molar-refractivity contribution in [1.29, 1.82) is 0 Å². The van der Waals surface area contributed by atoms with Gasteiger partial charge in [0, 0.05) is 25.2 Å². The lowest BCUT2D eigenvalue weighted by Gasteiger charge is -2.30. The van der Waals surface area contributed by atoms with E-state index in [2.05, 4.69) is 5.32 Å². The second-order valence-electron chi connectivity index (χ2n) is 6.44. The number of rotatable bonds is 7. The Morgan fingerprint density at radius 3 is 2.65 bits per heavy atom. The van der Waals surface area contributed by atoms with Gasteiger partial charge in [0.25, 0.3) is 11.6 Å². The van der Waals surface area contributed by atoms with Gasteiger partial charge >= 0.3 is 12.0 Å². The summed E-state index contributed by atoms with van der Waals surface area (Å²) in [6, 6.07) is 6.36. The van der Waals surface area contributed by atoms with E-state index >= 15 is 0 Å². The summed E-state index contributed by atoms with van der Waals surface area (Å²) in [5, 5.41) is 15.5. The molecule has 3 amide bonds. The highest BCUT2D eigenvalue weighted by atomic mass is 16.6. The molecule has 1 aliphatic rings. The van der Waals surface area contributed by atoms with Gasteiger partial charge in [0.05, 0.1) is 42.2 Å². The number of nitrogens with one attached hydrogen (secondary N) is 2. The van der Waals surface area contributed by atoms with Crippen LogP contribution in [0.2, 0.25) is 0 Å². The van der Waals surface area contributed by atoms with Crippen molar-refractivity contribution >= 4 is 29.3 Å². The van der Waals surface area contributed by atoms with Crippen LogP contribution in [0, 0.1) is 10.1 Å². The SMILES string of the molecule is O=C(COC(=O)c1cc([N+](=O)[O-])ccc1N1CCOCC1)NC(=O)NCc1ccco1. The number of anilines is 1. The predicted octanol–water partition coefficient (Wildman–Crippen LogP) is 1.21. The van der Waals surface area contributed by atoms with Gasteiger partial charge in [-0.3, -0.25) is 20.2 Å². The summed E-state index contributed by atoms with van der Waals surface area (Å²) in [5.74, 6) is -1.28. The number of hydrogen-bond acceptors (Lipinski definition) is 9. The average Bonchev–Trinajstić information content (AvgIpc) is 3.30. The number of nitro groups is 1. The van der Waals surface area contributed by atoms with E-state index in [-0.39, 0.29) is 17.8 Å². The molecule has 0 spiro atoms. The van der Waals surface area contributed by atoms with Crippen molar-refractivity contribution in [2.75, 3.05) is 37.8 Å². The molecule has 3 rings (SSSR count). The first kappa shape index (κ1) is 21.8. The van der Waals surface area contributed by atoms with Crippen molar-refractivity contribution in [2.24, 2.45) is 0 Å². The highest BCUT2D eigenvalue weighted by molar-refractivity contribution is 5.99. The van der Waals surface area contributed by atoms with E-state index < -0.39 is 29.4 Å². The standard InChI is InChI=1S/C19H20N4O8/c24-17(21-19(26)20-11-14-2-1-7-30-14)12-31-18(25)15-10-13(23(27)28)3-4-16(15)22-5-8-29-9-6-22/h1-4,7,10H,5-6,8-9,11-12H2,(H2,20,21,24,26). The van der Waals surface area contributed by atoms with Gasteiger partial charge in [-0.25, -0.2) is 9.59 Å². The van der Waals surface area contributed by atoms with Gasteiger partial charge in [-0.2, -0.15) is 0 Å². The van der Waals surface area contributed by atoms with Crippen LogP contribution in [0.15, 0.2) is 41.0 Å². The fourth-order valence-electron chi connectivity index (χ4n) is 2.88. The van der Waals surface area contributed by atoms with Crippen LogP contribution in [0.3, 0.4) is 0 Å². The molecule has 0 unspecified atom stereocenters. The second-order valence-corrected chi connectivity index (χ2v) is 6.44. The number of ether oxygens (including phenoxy) is 2. The zero-order valence-corrected chi connectivity index (χ0v) is 16.4. The van der Waals surface area contributed by atoms with Crippen molar-refractivity contribution in [3.05, 3.63) is 58.0 Å². The lowest BCUT2D eigenvalue weighted by Crippen LogP contribution is -2.41. The summed E-state index contributed by atoms with van der Waals surface area (Å²) in [4.78, 5) is 48.5. The Bertz CT molecular complexity index is 954. The molecule has 1 aliphatic heterocycles. The number of furan rings is 1. The van der Waals surface area contributed by atoms with Gasteiger partial charge in [0.2, 0.25) is 0 Å². The molecule has 1 fully saturated rings. The summed E-state index contributed by atoms with van der Waals surface area (Å²) in [7, 11) is 0. The normalized spacial score (nSPS) is 13.4. The van der Waals surface area contributed by atoms with Crippen LogP contribution in [0.1, 0.15) is 16.1 Å². The maximum Gasteiger partial charge on any atom is 0.341 e. The van der Waals surface area contributed by atoms with E-state index in [1.807, 2.05) is 10.2 Å². The molecular weight excluding hydrogens is 412 g/mol. The number of morpholine rings is 1. The summed E-state index contributed by atoms with van der Waals surface area (Å²) >= 11 is 0. The number of amides is 3. The summed E-state index contributed by atoms with van der Waals surface area (Å²) in [6.07, 6.45) is 1.44. The molecule has 0 atom stereocenters. The first-order valence-corrected chi connectivity index (χ1v) is 9.32. The van der Waals surface area contributed by atoms with E-state index in [0.29, 0.717) is 37.8 Å². The minimum Gasteiger partial charge on any atom is -0.467 e. The fraction of sp³-hybridized carbons (Fsp3) is 0.316. The predicted molar refractivity (Wildman–Crippen MR) is 105 cm³/mol. The quantitative estimate of drug-likeness (QED) is 0.373. The van der Waals surface area contributed by atoms with Crippen LogP contribution >= 0.6 is 0 Å². The zero-order chi connectivity index (χ0) is 22.2. The summed E-state index contributed by atoms with van der Waals surface area (Å²) < 4.78 is 15.3. The number of nitro benzene ring substituents is 1. The Hall–Kier alpha value is -3.93. The minimum atomic E-state index is -0.920. The third kappa shape index (κ3) is 6.02. The van der Waals surface area contributed by atoms with Crippen LogP contribution in [-0.4, -0.2) is 55.7 Å². The molecule has 1 aromatic heterocycles. The lowest BCUT2D eigenvalue weighted by molar-refractivity contribution is -0.384. The third-order valence-corrected chi connectivity index (χ3v) is 4.35. The molecule has 31 heavy (non-hydrogen) atoms. The molecule has 2 N–H and O–H groups in total. The van der Waals surface area contributed by atoms with E-state index in [9.17, 15) is 24.5 Å². The van der Waals surface area contributed by atoms with Gasteiger partial charge in [-0.15, -0.1) is 0 Å². The Balaban J connectivity index is 1.59. The number of hydrogen-bond donors (Lipinski definition) is 2. The molecule has 1 aromatic carbocycles. The Morgan fingerprint density at radius 1 is 1.19 bits per heavy atom. The topological polar surface area (TPSA) is 153 Å². The van der Waals surface area contributed by atoms with Gasteiger partial charge in [-0.1, -0.05) is 0 Å². The third-order valence-electron chi connectivity index (χ3n) is 4.35. The van der Waals surface area contributed by atoms with E-state index in [0.717, 1.165) is 6.07 Å². The lowest BCUT2D eigenvalue weighted by atomic mass is 10.1. The maximum absolute atomic E-state index is 12.6. The van der Waals surface area contributed by atoms with E-state index in [1.165, 1.54) is 18.4 Å². The molecule has 1 saturated heterocycles. The molecule has 0 radical (unpaired) electrons. The molecule has 0 saturated carbocycles. The van der Waals surface area contributed by atoms with Crippen molar-refractivity contribution in [2.45, 2.75) is 6.54 Å². The average molecular weight is 432 g/mol. The minimum absolute atomic E-state index is 0.0498. The maximum atomic E-state index is 12.6. The van der Waals surface area contributed by atoms with Crippen LogP contribution in [0.4, 0.5) is 16.2 Å². The summed E-state index contributed by atoms with van der Waals surface area (Å²) in [6.45, 7) is 1.21. The first-order valence-electron chi connectivity index (χ1n) is 9.32. The second kappa shape index (κ2) is 10.2. The van der Waals surface area contributed by atoms with Crippen LogP contribution in [0.5, 0.6) is 0 Å². The number of imide groups is 1. The number of benzene rings is 1. The van der Waals surface area contributed by atoms with Crippen molar-refractivity contribution in [3.8, 4) is 0 Å². The van der Waals surface area contributed by atoms with Crippen LogP contribution < -0.4 is 15.5 Å². The van der Waals surface area contributed by atoms with E-state index in [4.69, 9.17) is 13.9 Å². The molecular formula is C19H20N4O8. The molecule has 164 valence electrons. The Labute approximate surface area is 176 Å². The summed E-state index contributed by atoms with van der Waals surface area (Å²) in [5.41, 5.74) is 0.104. The largest absolute Gasteiger partial charge is 0.467 e. The molecule has 12 heteroatoms. The monoisotopic (exact) mass is 432 g/mol. The van der Waals surface area contributed by atoms with Gasteiger partial charge in [0.1, 0.15) is 5.76 Å². The smallest absolute Gasteiger partial charge is 0.341 e. The number of carbonyl (C=O) groups is 3. The van der Waals surface area contributed by atoms with Crippen molar-refractivity contribution in [1.82, 2.24) is 10.6 Å². The Morgan fingerprint density at radius 2 is 1.97 bits per heavy atom. The van der Waals surface area contributed by atoms with Crippen LogP contribution in [-0.2, 0) is 20.8 Å². The molecule has 12 nitrogen and oxygen atoms in total. The van der Waals surface area contributed by atoms with Gasteiger partial charge in [-0.05, 0) is 18.2 Å². The highest BCUT2D eigenvalue weighted by Gasteiger charge is 2.23. The molecule has 0 aliphatic carbocycles. The molecule has 0 bridgehead atoms. The van der Waals surface area contributed by atoms with E-state index in [1.54, 1.807) is 12.1 Å². The number of carbonyl (C=O) groups excluding carboxylic acids is 3. The number of esters is 1. The van der Waals surface area contributed by atoms with Crippen LogP contribution in [0.25, 0.3) is 0 Å². The van der Waals surface area contributed by atoms with Crippen molar-refractivity contribution in [3.63, 3.8) is 0 Å².